The number of aromatic nitrogens is 1. The Morgan fingerprint density at radius 3 is 2.73 bits per heavy atom. The fraction of sp³-hybridized carbons (Fsp3) is 0.250. The summed E-state index contributed by atoms with van der Waals surface area (Å²) in [5.74, 6) is 0. The van der Waals surface area contributed by atoms with E-state index in [0.717, 1.165) is 11.3 Å². The lowest BCUT2D eigenvalue weighted by Gasteiger charge is -1.85. The lowest BCUT2D eigenvalue weighted by molar-refractivity contribution is 0.566. The predicted octanol–water partition coefficient (Wildman–Crippen LogP) is 1.42. The molecule has 0 saturated heterocycles. The van der Waals surface area contributed by atoms with Crippen LogP contribution in [0.15, 0.2) is 4.21 Å². The molecule has 0 aliphatic carbocycles. The molecule has 2 N–H and O–H groups in total. The molecule has 1 aromatic heterocycles. The average molecular weight is 213 g/mol. The minimum atomic E-state index is -2.04. The van der Waals surface area contributed by atoms with E-state index in [9.17, 15) is 4.21 Å². The third-order valence-corrected chi connectivity index (χ3v) is 3.48. The molecular formula is C4H5ClN2O2S2. The largest absolute Gasteiger partial charge is 0.365 e. The van der Waals surface area contributed by atoms with Gasteiger partial charge in [-0.2, -0.15) is 0 Å². The highest BCUT2D eigenvalue weighted by Crippen LogP contribution is 2.28. The molecule has 4 nitrogen and oxygen atoms in total. The fourth-order valence-corrected chi connectivity index (χ4v) is 2.21. The van der Waals surface area contributed by atoms with Crippen molar-refractivity contribution in [3.05, 3.63) is 5.15 Å². The Morgan fingerprint density at radius 1 is 1.82 bits per heavy atom. The second-order valence-corrected chi connectivity index (χ2v) is 4.12. The summed E-state index contributed by atoms with van der Waals surface area (Å²) in [6.07, 6.45) is 0. The molecule has 0 fully saturated rings. The Balaban J connectivity index is 3.07. The van der Waals surface area contributed by atoms with Crippen molar-refractivity contribution < 1.29 is 8.76 Å². The van der Waals surface area contributed by atoms with E-state index in [0.29, 0.717) is 5.13 Å². The van der Waals surface area contributed by atoms with Gasteiger partial charge < -0.3 is 9.87 Å². The van der Waals surface area contributed by atoms with E-state index in [2.05, 4.69) is 10.3 Å². The highest BCUT2D eigenvalue weighted by atomic mass is 35.5. The summed E-state index contributed by atoms with van der Waals surface area (Å²) < 4.78 is 19.3. The summed E-state index contributed by atoms with van der Waals surface area (Å²) in [5, 5.41) is 3.34. The van der Waals surface area contributed by atoms with Crippen molar-refractivity contribution in [1.29, 1.82) is 0 Å². The van der Waals surface area contributed by atoms with Crippen LogP contribution in [0.3, 0.4) is 0 Å². The predicted molar refractivity (Wildman–Crippen MR) is 45.7 cm³/mol. The first kappa shape index (κ1) is 8.92. The molecule has 11 heavy (non-hydrogen) atoms. The zero-order valence-corrected chi connectivity index (χ0v) is 7.89. The van der Waals surface area contributed by atoms with E-state index in [4.69, 9.17) is 16.2 Å². The van der Waals surface area contributed by atoms with Crippen molar-refractivity contribution in [2.75, 3.05) is 12.4 Å². The third-order valence-electron chi connectivity index (χ3n) is 0.930. The molecule has 1 aromatic rings. The highest BCUT2D eigenvalue weighted by molar-refractivity contribution is 7.82. The molecule has 1 heterocycles. The molecule has 0 aliphatic rings. The first-order valence-corrected chi connectivity index (χ1v) is 4.90. The van der Waals surface area contributed by atoms with Crippen LogP contribution in [0.25, 0.3) is 0 Å². The number of nitrogens with one attached hydrogen (secondary N) is 1. The van der Waals surface area contributed by atoms with Crippen LogP contribution in [0.1, 0.15) is 0 Å². The summed E-state index contributed by atoms with van der Waals surface area (Å²) >= 11 is 4.55. The van der Waals surface area contributed by atoms with E-state index in [-0.39, 0.29) is 9.36 Å². The van der Waals surface area contributed by atoms with Gasteiger partial charge in [-0.3, -0.25) is 0 Å². The van der Waals surface area contributed by atoms with Crippen LogP contribution in [0, 0.1) is 0 Å². The maximum Gasteiger partial charge on any atom is 0.200 e. The number of hydrogen-bond donors (Lipinski definition) is 2. The first-order valence-electron chi connectivity index (χ1n) is 2.60. The Morgan fingerprint density at radius 2 is 2.45 bits per heavy atom. The number of halogens is 1. The molecule has 0 aromatic carbocycles. The zero-order valence-electron chi connectivity index (χ0n) is 5.50. The number of nitrogens with zero attached hydrogens (tertiary/aromatic N) is 1. The molecule has 0 bridgehead atoms. The van der Waals surface area contributed by atoms with E-state index in [1.165, 1.54) is 0 Å². The van der Waals surface area contributed by atoms with Gasteiger partial charge in [0.25, 0.3) is 0 Å². The maximum atomic E-state index is 10.5. The van der Waals surface area contributed by atoms with Gasteiger partial charge in [-0.1, -0.05) is 22.9 Å². The van der Waals surface area contributed by atoms with Gasteiger partial charge in [-0.15, -0.1) is 0 Å². The van der Waals surface area contributed by atoms with Gasteiger partial charge in [0.2, 0.25) is 0 Å². The molecule has 0 spiro atoms. The topological polar surface area (TPSA) is 62.2 Å². The molecule has 62 valence electrons. The number of thiazole rings is 1. The Bertz CT molecular complexity index is 288. The third kappa shape index (κ3) is 1.90. The normalized spacial score (nSPS) is 13.0. The summed E-state index contributed by atoms with van der Waals surface area (Å²) in [7, 11) is 1.67. The van der Waals surface area contributed by atoms with Crippen molar-refractivity contribution >= 4 is 39.1 Å². The van der Waals surface area contributed by atoms with E-state index < -0.39 is 11.1 Å². The molecule has 0 amide bonds. The minimum Gasteiger partial charge on any atom is -0.365 e. The van der Waals surface area contributed by atoms with Crippen LogP contribution < -0.4 is 5.32 Å². The number of rotatable bonds is 2. The first-order chi connectivity index (χ1) is 5.15. The Labute approximate surface area is 74.9 Å². The van der Waals surface area contributed by atoms with Crippen molar-refractivity contribution in [1.82, 2.24) is 4.98 Å². The SMILES string of the molecule is CNc1nc(Cl)c(S(=O)O)s1. The van der Waals surface area contributed by atoms with Gasteiger partial charge >= 0.3 is 0 Å². The molecular weight excluding hydrogens is 208 g/mol. The number of hydrogen-bond acceptors (Lipinski definition) is 4. The molecule has 1 unspecified atom stereocenters. The highest BCUT2D eigenvalue weighted by Gasteiger charge is 2.12. The van der Waals surface area contributed by atoms with Crippen LogP contribution in [0.4, 0.5) is 5.13 Å². The minimum absolute atomic E-state index is 0.0835. The van der Waals surface area contributed by atoms with Crippen LogP contribution in [-0.4, -0.2) is 20.8 Å². The van der Waals surface area contributed by atoms with Gasteiger partial charge in [0.15, 0.2) is 25.6 Å². The van der Waals surface area contributed by atoms with Crippen LogP contribution in [0.5, 0.6) is 0 Å². The Hall–Kier alpha value is -0.170. The summed E-state index contributed by atoms with van der Waals surface area (Å²) in [6.45, 7) is 0. The molecule has 0 aliphatic heterocycles. The van der Waals surface area contributed by atoms with Crippen LogP contribution >= 0.6 is 22.9 Å². The number of anilines is 1. The van der Waals surface area contributed by atoms with Gasteiger partial charge in [-0.05, 0) is 0 Å². The summed E-state index contributed by atoms with van der Waals surface area (Å²) in [5.41, 5.74) is 0. The smallest absolute Gasteiger partial charge is 0.200 e. The zero-order chi connectivity index (χ0) is 8.43. The van der Waals surface area contributed by atoms with Crippen molar-refractivity contribution in [2.24, 2.45) is 0 Å². The van der Waals surface area contributed by atoms with Crippen molar-refractivity contribution in [3.63, 3.8) is 0 Å². The molecule has 0 saturated carbocycles. The standard InChI is InChI=1S/C4H5ClN2O2S2/c1-6-4-7-2(5)3(10-4)11(8)9/h1H3,(H,6,7)(H,8,9). The lowest BCUT2D eigenvalue weighted by Crippen LogP contribution is -1.83. The maximum absolute atomic E-state index is 10.5. The second-order valence-electron chi connectivity index (χ2n) is 1.60. The summed E-state index contributed by atoms with van der Waals surface area (Å²) in [4.78, 5) is 3.77. The van der Waals surface area contributed by atoms with Crippen LogP contribution in [0.2, 0.25) is 5.15 Å². The van der Waals surface area contributed by atoms with E-state index in [1.54, 1.807) is 7.05 Å². The van der Waals surface area contributed by atoms with Gasteiger partial charge in [0.1, 0.15) is 0 Å². The van der Waals surface area contributed by atoms with E-state index in [1.807, 2.05) is 0 Å². The van der Waals surface area contributed by atoms with Crippen molar-refractivity contribution in [2.45, 2.75) is 4.21 Å². The second kappa shape index (κ2) is 3.48. The molecule has 1 atom stereocenters. The fourth-order valence-electron chi connectivity index (χ4n) is 0.502. The quantitative estimate of drug-likeness (QED) is 0.728. The van der Waals surface area contributed by atoms with Crippen molar-refractivity contribution in [3.8, 4) is 0 Å². The summed E-state index contributed by atoms with van der Waals surface area (Å²) in [6, 6.07) is 0. The monoisotopic (exact) mass is 212 g/mol. The van der Waals surface area contributed by atoms with E-state index >= 15 is 0 Å². The Kier molecular flexibility index (Phi) is 2.83. The average Bonchev–Trinajstić information content (AvgIpc) is 2.30. The van der Waals surface area contributed by atoms with Gasteiger partial charge in [0.05, 0.1) is 0 Å². The lowest BCUT2D eigenvalue weighted by atomic mass is 11.0. The van der Waals surface area contributed by atoms with Gasteiger partial charge in [-0.25, -0.2) is 9.19 Å². The molecule has 7 heteroatoms. The molecule has 0 radical (unpaired) electrons. The van der Waals surface area contributed by atoms with Crippen LogP contribution in [-0.2, 0) is 11.1 Å². The van der Waals surface area contributed by atoms with Gasteiger partial charge in [0, 0.05) is 7.05 Å². The molecule has 1 rings (SSSR count).